The van der Waals surface area contributed by atoms with Gasteiger partial charge in [-0.25, -0.2) is 4.79 Å². The molecule has 7 heteroatoms. The van der Waals surface area contributed by atoms with E-state index in [0.717, 1.165) is 26.2 Å². The quantitative estimate of drug-likeness (QED) is 0.712. The first-order chi connectivity index (χ1) is 7.58. The summed E-state index contributed by atoms with van der Waals surface area (Å²) >= 11 is 6.02. The van der Waals surface area contributed by atoms with Crippen LogP contribution in [-0.2, 0) is 0 Å². The van der Waals surface area contributed by atoms with Crippen molar-refractivity contribution in [3.63, 3.8) is 0 Å². The van der Waals surface area contributed by atoms with Gasteiger partial charge in [0.05, 0.1) is 0 Å². The lowest BCUT2D eigenvalue weighted by molar-refractivity contribution is 0.312. The summed E-state index contributed by atoms with van der Waals surface area (Å²) in [5, 5.41) is 0.323. The van der Waals surface area contributed by atoms with Crippen molar-refractivity contribution in [2.75, 3.05) is 43.9 Å². The van der Waals surface area contributed by atoms with E-state index in [-0.39, 0.29) is 5.82 Å². The second kappa shape index (κ2) is 4.31. The number of halogens is 1. The van der Waals surface area contributed by atoms with Gasteiger partial charge in [-0.3, -0.25) is 4.98 Å². The maximum Gasteiger partial charge on any atom is 0.348 e. The lowest BCUT2D eigenvalue weighted by Gasteiger charge is -2.33. The van der Waals surface area contributed by atoms with Gasteiger partial charge < -0.3 is 15.5 Å². The van der Waals surface area contributed by atoms with Crippen molar-refractivity contribution in [2.45, 2.75) is 0 Å². The number of likely N-dealkylation sites (N-methyl/N-ethyl adjacent to an activating group) is 1. The molecule has 2 rings (SSSR count). The number of piperazine rings is 1. The fourth-order valence-corrected chi connectivity index (χ4v) is 1.90. The number of anilines is 2. The number of aromatic amines is 1. The second-order valence-corrected chi connectivity index (χ2v) is 4.26. The number of hydrogen-bond donors (Lipinski definition) is 2. The highest BCUT2D eigenvalue weighted by Gasteiger charge is 2.19. The summed E-state index contributed by atoms with van der Waals surface area (Å²) in [4.78, 5) is 21.7. The topological polar surface area (TPSA) is 78.2 Å². The van der Waals surface area contributed by atoms with Gasteiger partial charge in [0.25, 0.3) is 0 Å². The summed E-state index contributed by atoms with van der Waals surface area (Å²) in [6, 6.07) is 0. The molecule has 6 nitrogen and oxygen atoms in total. The number of H-pyrrole nitrogens is 1. The van der Waals surface area contributed by atoms with Crippen LogP contribution in [0.25, 0.3) is 0 Å². The van der Waals surface area contributed by atoms with Crippen molar-refractivity contribution in [1.82, 2.24) is 14.9 Å². The Balaban J connectivity index is 2.30. The molecule has 0 spiro atoms. The largest absolute Gasteiger partial charge is 0.384 e. The molecule has 0 aliphatic carbocycles. The van der Waals surface area contributed by atoms with E-state index in [9.17, 15) is 4.79 Å². The van der Waals surface area contributed by atoms with Crippen LogP contribution >= 0.6 is 11.6 Å². The van der Waals surface area contributed by atoms with Crippen LogP contribution in [-0.4, -0.2) is 48.1 Å². The number of hydrogen-bond acceptors (Lipinski definition) is 5. The zero-order valence-electron chi connectivity index (χ0n) is 9.03. The number of nitrogen functional groups attached to an aromatic ring is 1. The van der Waals surface area contributed by atoms with Crippen LogP contribution < -0.4 is 16.3 Å². The van der Waals surface area contributed by atoms with Gasteiger partial charge in [0.15, 0.2) is 5.82 Å². The number of aromatic nitrogens is 2. The minimum absolute atomic E-state index is 0.176. The van der Waals surface area contributed by atoms with Crippen LogP contribution in [0, 0.1) is 0 Å². The fourth-order valence-electron chi connectivity index (χ4n) is 1.69. The summed E-state index contributed by atoms with van der Waals surface area (Å²) in [6.07, 6.45) is 0. The monoisotopic (exact) mass is 243 g/mol. The van der Waals surface area contributed by atoms with Crippen LogP contribution in [0.4, 0.5) is 11.6 Å². The van der Waals surface area contributed by atoms with Gasteiger partial charge in [-0.2, -0.15) is 4.98 Å². The van der Waals surface area contributed by atoms with Crippen LogP contribution in [0.15, 0.2) is 4.79 Å². The third kappa shape index (κ3) is 2.12. The molecule has 0 aromatic carbocycles. The minimum Gasteiger partial charge on any atom is -0.384 e. The molecule has 0 amide bonds. The van der Waals surface area contributed by atoms with E-state index in [1.807, 2.05) is 4.90 Å². The molecule has 0 saturated carbocycles. The molecule has 3 N–H and O–H groups in total. The first-order valence-corrected chi connectivity index (χ1v) is 5.44. The van der Waals surface area contributed by atoms with Crippen molar-refractivity contribution in [3.05, 3.63) is 15.5 Å². The van der Waals surface area contributed by atoms with Crippen LogP contribution in [0.3, 0.4) is 0 Å². The molecule has 0 radical (unpaired) electrons. The van der Waals surface area contributed by atoms with Crippen LogP contribution in [0.1, 0.15) is 0 Å². The fraction of sp³-hybridized carbons (Fsp3) is 0.556. The molecule has 0 unspecified atom stereocenters. The number of nitrogens with one attached hydrogen (secondary N) is 1. The van der Waals surface area contributed by atoms with Gasteiger partial charge in [-0.15, -0.1) is 0 Å². The maximum absolute atomic E-state index is 11.2. The highest BCUT2D eigenvalue weighted by molar-refractivity contribution is 6.35. The minimum atomic E-state index is -0.462. The Bertz CT molecular complexity index is 438. The van der Waals surface area contributed by atoms with E-state index < -0.39 is 5.69 Å². The van der Waals surface area contributed by atoms with Crippen molar-refractivity contribution >= 4 is 23.2 Å². The Morgan fingerprint density at radius 1 is 1.38 bits per heavy atom. The average Bonchev–Trinajstić information content (AvgIpc) is 2.25. The lowest BCUT2D eigenvalue weighted by atomic mass is 10.3. The van der Waals surface area contributed by atoms with Crippen molar-refractivity contribution in [3.8, 4) is 0 Å². The number of rotatable bonds is 1. The Morgan fingerprint density at radius 2 is 2.00 bits per heavy atom. The summed E-state index contributed by atoms with van der Waals surface area (Å²) in [5.74, 6) is 0.659. The Morgan fingerprint density at radius 3 is 2.62 bits per heavy atom. The normalized spacial score (nSPS) is 17.8. The predicted octanol–water partition coefficient (Wildman–Crippen LogP) is -0.243. The third-order valence-corrected chi connectivity index (χ3v) is 3.06. The van der Waals surface area contributed by atoms with E-state index in [1.165, 1.54) is 0 Å². The van der Waals surface area contributed by atoms with E-state index in [2.05, 4.69) is 21.9 Å². The van der Waals surface area contributed by atoms with Crippen molar-refractivity contribution in [2.24, 2.45) is 0 Å². The average molecular weight is 244 g/mol. The van der Waals surface area contributed by atoms with Gasteiger partial charge in [0.2, 0.25) is 0 Å². The molecule has 1 aromatic rings. The summed E-state index contributed by atoms with van der Waals surface area (Å²) in [7, 11) is 2.05. The number of nitrogens with zero attached hydrogens (tertiary/aromatic N) is 3. The van der Waals surface area contributed by atoms with Gasteiger partial charge in [-0.1, -0.05) is 11.6 Å². The molecule has 1 saturated heterocycles. The van der Waals surface area contributed by atoms with E-state index in [4.69, 9.17) is 17.3 Å². The van der Waals surface area contributed by atoms with E-state index in [0.29, 0.717) is 10.8 Å². The zero-order chi connectivity index (χ0) is 11.7. The summed E-state index contributed by atoms with van der Waals surface area (Å²) in [6.45, 7) is 3.44. The molecular weight excluding hydrogens is 230 g/mol. The van der Waals surface area contributed by atoms with Gasteiger partial charge in [0, 0.05) is 26.2 Å². The molecule has 88 valence electrons. The maximum atomic E-state index is 11.2. The Labute approximate surface area is 98.0 Å². The summed E-state index contributed by atoms with van der Waals surface area (Å²) < 4.78 is 0. The molecule has 1 aliphatic heterocycles. The molecule has 2 heterocycles. The summed E-state index contributed by atoms with van der Waals surface area (Å²) in [5.41, 5.74) is 5.13. The van der Waals surface area contributed by atoms with E-state index in [1.54, 1.807) is 0 Å². The molecule has 0 bridgehead atoms. The molecule has 1 aliphatic rings. The van der Waals surface area contributed by atoms with E-state index >= 15 is 0 Å². The SMILES string of the molecule is CN1CCN(c2nc(=O)[nH]c(N)c2Cl)CC1. The standard InChI is InChI=1S/C9H14ClN5O/c1-14-2-4-15(5-3-14)8-6(10)7(11)12-9(16)13-8/h2-5H2,1H3,(H3,11,12,13,16). The lowest BCUT2D eigenvalue weighted by Crippen LogP contribution is -2.45. The zero-order valence-corrected chi connectivity index (χ0v) is 9.79. The molecular formula is C9H14ClN5O. The first-order valence-electron chi connectivity index (χ1n) is 5.06. The highest BCUT2D eigenvalue weighted by Crippen LogP contribution is 2.26. The molecule has 1 aromatic heterocycles. The van der Waals surface area contributed by atoms with Gasteiger partial charge in [0.1, 0.15) is 10.8 Å². The predicted molar refractivity (Wildman–Crippen MR) is 64.0 cm³/mol. The van der Waals surface area contributed by atoms with Gasteiger partial charge in [-0.05, 0) is 7.05 Å². The smallest absolute Gasteiger partial charge is 0.348 e. The second-order valence-electron chi connectivity index (χ2n) is 3.88. The number of nitrogens with two attached hydrogens (primary N) is 1. The molecule has 0 atom stereocenters. The highest BCUT2D eigenvalue weighted by atomic mass is 35.5. The van der Waals surface area contributed by atoms with Crippen LogP contribution in [0.2, 0.25) is 5.02 Å². The molecule has 16 heavy (non-hydrogen) atoms. The van der Waals surface area contributed by atoms with Crippen molar-refractivity contribution in [1.29, 1.82) is 0 Å². The van der Waals surface area contributed by atoms with Gasteiger partial charge >= 0.3 is 5.69 Å². The van der Waals surface area contributed by atoms with Crippen molar-refractivity contribution < 1.29 is 0 Å². The Kier molecular flexibility index (Phi) is 3.02. The Hall–Kier alpha value is -1.27. The molecule has 1 fully saturated rings. The van der Waals surface area contributed by atoms with Crippen LogP contribution in [0.5, 0.6) is 0 Å². The first kappa shape index (κ1) is 11.2. The third-order valence-electron chi connectivity index (χ3n) is 2.68.